The minimum Gasteiger partial charge on any atom is -0.380 e. The number of hydrogen-bond donors (Lipinski definition) is 1. The van der Waals surface area contributed by atoms with Crippen LogP contribution in [0, 0.1) is 0 Å². The summed E-state index contributed by atoms with van der Waals surface area (Å²) in [5, 5.41) is 3.12. The molecule has 0 radical (unpaired) electrons. The molecule has 4 nitrogen and oxygen atoms in total. The first-order valence-corrected chi connectivity index (χ1v) is 5.71. The monoisotopic (exact) mass is 221 g/mol. The number of aromatic nitrogens is 1. The van der Waals surface area contributed by atoms with E-state index in [4.69, 9.17) is 4.74 Å². The molecule has 0 aliphatic carbocycles. The van der Waals surface area contributed by atoms with Gasteiger partial charge in [0.2, 0.25) is 0 Å². The van der Waals surface area contributed by atoms with Crippen LogP contribution in [0.2, 0.25) is 0 Å². The van der Waals surface area contributed by atoms with Crippen molar-refractivity contribution in [2.45, 2.75) is 19.0 Å². The normalized spacial score (nSPS) is 20.3. The molecular formula is C12H19N3O. The van der Waals surface area contributed by atoms with Crippen molar-refractivity contribution in [2.24, 2.45) is 0 Å². The molecule has 2 heterocycles. The largest absolute Gasteiger partial charge is 0.380 e. The maximum atomic E-state index is 5.40. The summed E-state index contributed by atoms with van der Waals surface area (Å²) in [6.07, 6.45) is 2.94. The van der Waals surface area contributed by atoms with Crippen molar-refractivity contribution in [1.29, 1.82) is 0 Å². The van der Waals surface area contributed by atoms with Crippen LogP contribution in [0.4, 0.5) is 5.82 Å². The van der Waals surface area contributed by atoms with Gasteiger partial charge in [-0.2, -0.15) is 0 Å². The molecule has 1 aliphatic heterocycles. The fourth-order valence-electron chi connectivity index (χ4n) is 2.06. The van der Waals surface area contributed by atoms with E-state index in [0.717, 1.165) is 32.0 Å². The maximum Gasteiger partial charge on any atom is 0.130 e. The quantitative estimate of drug-likeness (QED) is 0.832. The van der Waals surface area contributed by atoms with E-state index in [0.29, 0.717) is 6.04 Å². The fraction of sp³-hybridized carbons (Fsp3) is 0.583. The van der Waals surface area contributed by atoms with Crippen LogP contribution >= 0.6 is 0 Å². The number of likely N-dealkylation sites (N-methyl/N-ethyl adjacent to an activating group) is 1. The molecule has 1 aliphatic rings. The Bertz CT molecular complexity index is 337. The lowest BCUT2D eigenvalue weighted by atomic mass is 10.2. The van der Waals surface area contributed by atoms with Gasteiger partial charge in [0.15, 0.2) is 0 Å². The van der Waals surface area contributed by atoms with Crippen molar-refractivity contribution in [3.05, 3.63) is 23.9 Å². The van der Waals surface area contributed by atoms with Crippen molar-refractivity contribution in [1.82, 2.24) is 9.88 Å². The van der Waals surface area contributed by atoms with Gasteiger partial charge in [-0.15, -0.1) is 0 Å². The molecule has 2 rings (SSSR count). The minimum absolute atomic E-state index is 0.546. The molecule has 0 bridgehead atoms. The van der Waals surface area contributed by atoms with Crippen LogP contribution < -0.4 is 5.32 Å². The van der Waals surface area contributed by atoms with E-state index >= 15 is 0 Å². The predicted octanol–water partition coefficient (Wildman–Crippen LogP) is 1.34. The van der Waals surface area contributed by atoms with Crippen LogP contribution in [-0.4, -0.2) is 43.2 Å². The van der Waals surface area contributed by atoms with Gasteiger partial charge in [0.05, 0.1) is 6.61 Å². The van der Waals surface area contributed by atoms with E-state index in [9.17, 15) is 0 Å². The molecule has 1 fully saturated rings. The fourth-order valence-corrected chi connectivity index (χ4v) is 2.06. The Morgan fingerprint density at radius 1 is 1.62 bits per heavy atom. The third-order valence-corrected chi connectivity index (χ3v) is 3.08. The van der Waals surface area contributed by atoms with Gasteiger partial charge < -0.3 is 10.1 Å². The van der Waals surface area contributed by atoms with E-state index < -0.39 is 0 Å². The Hall–Kier alpha value is -1.13. The van der Waals surface area contributed by atoms with Crippen molar-refractivity contribution >= 4 is 5.82 Å². The molecule has 1 unspecified atom stereocenters. The Balaban J connectivity index is 2.01. The summed E-state index contributed by atoms with van der Waals surface area (Å²) < 4.78 is 5.40. The van der Waals surface area contributed by atoms with E-state index in [1.807, 2.05) is 19.3 Å². The zero-order valence-electron chi connectivity index (χ0n) is 9.94. The summed E-state index contributed by atoms with van der Waals surface area (Å²) in [4.78, 5) is 6.65. The molecule has 0 spiro atoms. The molecule has 1 saturated heterocycles. The van der Waals surface area contributed by atoms with E-state index in [1.165, 1.54) is 5.56 Å². The van der Waals surface area contributed by atoms with Crippen molar-refractivity contribution in [3.63, 3.8) is 0 Å². The van der Waals surface area contributed by atoms with Gasteiger partial charge in [-0.25, -0.2) is 4.98 Å². The average Bonchev–Trinajstić information content (AvgIpc) is 2.83. The lowest BCUT2D eigenvalue weighted by Crippen LogP contribution is -2.31. The van der Waals surface area contributed by atoms with Gasteiger partial charge in [0, 0.05) is 38.0 Å². The summed E-state index contributed by atoms with van der Waals surface area (Å²) in [6.45, 7) is 2.66. The van der Waals surface area contributed by atoms with Crippen LogP contribution in [0.1, 0.15) is 12.0 Å². The summed E-state index contributed by atoms with van der Waals surface area (Å²) in [6, 6.07) is 4.64. The third-order valence-electron chi connectivity index (χ3n) is 3.08. The van der Waals surface area contributed by atoms with Gasteiger partial charge in [-0.1, -0.05) is 6.07 Å². The molecule has 1 N–H and O–H groups in total. The summed E-state index contributed by atoms with van der Waals surface area (Å²) in [7, 11) is 4.05. The first-order chi connectivity index (χ1) is 7.81. The molecule has 0 aromatic carbocycles. The number of ether oxygens (including phenoxy) is 1. The third kappa shape index (κ3) is 2.51. The van der Waals surface area contributed by atoms with Gasteiger partial charge in [0.1, 0.15) is 5.82 Å². The highest BCUT2D eigenvalue weighted by atomic mass is 16.5. The standard InChI is InChI=1S/C12H19N3O/c1-13-12-10(4-3-6-14-12)8-15(2)11-5-7-16-9-11/h3-4,6,11H,5,7-9H2,1-2H3,(H,13,14). The predicted molar refractivity (Wildman–Crippen MR) is 64.5 cm³/mol. The van der Waals surface area contributed by atoms with Crippen molar-refractivity contribution < 1.29 is 4.74 Å². The summed E-state index contributed by atoms with van der Waals surface area (Å²) in [5.41, 5.74) is 1.24. The number of nitrogens with zero attached hydrogens (tertiary/aromatic N) is 2. The Morgan fingerprint density at radius 3 is 3.19 bits per heavy atom. The smallest absolute Gasteiger partial charge is 0.130 e. The number of hydrogen-bond acceptors (Lipinski definition) is 4. The number of anilines is 1. The number of pyridine rings is 1. The van der Waals surface area contributed by atoms with E-state index in [1.54, 1.807) is 0 Å². The SMILES string of the molecule is CNc1ncccc1CN(C)C1CCOC1. The van der Waals surface area contributed by atoms with Crippen LogP contribution in [-0.2, 0) is 11.3 Å². The number of nitrogens with one attached hydrogen (secondary N) is 1. The molecule has 1 aromatic rings. The molecule has 1 atom stereocenters. The number of rotatable bonds is 4. The van der Waals surface area contributed by atoms with Crippen LogP contribution in [0.25, 0.3) is 0 Å². The topological polar surface area (TPSA) is 37.4 Å². The second-order valence-electron chi connectivity index (χ2n) is 4.19. The van der Waals surface area contributed by atoms with Gasteiger partial charge in [0.25, 0.3) is 0 Å². The minimum atomic E-state index is 0.546. The van der Waals surface area contributed by atoms with Gasteiger partial charge >= 0.3 is 0 Å². The molecule has 16 heavy (non-hydrogen) atoms. The maximum absolute atomic E-state index is 5.40. The zero-order chi connectivity index (χ0) is 11.4. The molecule has 0 amide bonds. The molecule has 4 heteroatoms. The summed E-state index contributed by atoms with van der Waals surface area (Å²) >= 11 is 0. The van der Waals surface area contributed by atoms with Crippen molar-refractivity contribution in [3.8, 4) is 0 Å². The van der Waals surface area contributed by atoms with Gasteiger partial charge in [-0.3, -0.25) is 4.90 Å². The second kappa shape index (κ2) is 5.27. The molecule has 0 saturated carbocycles. The Morgan fingerprint density at radius 2 is 2.50 bits per heavy atom. The van der Waals surface area contributed by atoms with Crippen LogP contribution in [0.15, 0.2) is 18.3 Å². The highest BCUT2D eigenvalue weighted by molar-refractivity contribution is 5.42. The molecular weight excluding hydrogens is 202 g/mol. The molecule has 1 aromatic heterocycles. The summed E-state index contributed by atoms with van der Waals surface area (Å²) in [5.74, 6) is 0.966. The van der Waals surface area contributed by atoms with Crippen molar-refractivity contribution in [2.75, 3.05) is 32.6 Å². The lowest BCUT2D eigenvalue weighted by molar-refractivity contribution is 0.156. The van der Waals surface area contributed by atoms with Gasteiger partial charge in [-0.05, 0) is 19.5 Å². The Labute approximate surface area is 96.6 Å². The second-order valence-corrected chi connectivity index (χ2v) is 4.19. The first-order valence-electron chi connectivity index (χ1n) is 5.71. The first kappa shape index (κ1) is 11.4. The van der Waals surface area contributed by atoms with Crippen LogP contribution in [0.5, 0.6) is 0 Å². The Kier molecular flexibility index (Phi) is 3.74. The lowest BCUT2D eigenvalue weighted by Gasteiger charge is -2.23. The average molecular weight is 221 g/mol. The molecule has 88 valence electrons. The van der Waals surface area contributed by atoms with E-state index in [-0.39, 0.29) is 0 Å². The van der Waals surface area contributed by atoms with E-state index in [2.05, 4.69) is 28.3 Å². The highest BCUT2D eigenvalue weighted by Gasteiger charge is 2.20. The van der Waals surface area contributed by atoms with Crippen LogP contribution in [0.3, 0.4) is 0 Å². The highest BCUT2D eigenvalue weighted by Crippen LogP contribution is 2.17. The zero-order valence-corrected chi connectivity index (χ0v) is 9.94.